The lowest BCUT2D eigenvalue weighted by atomic mass is 10.1. The molecule has 0 aliphatic rings. The summed E-state index contributed by atoms with van der Waals surface area (Å²) in [5.74, 6) is 0.869. The maximum absolute atomic E-state index is 9.23. The van der Waals surface area contributed by atoms with Gasteiger partial charge in [-0.25, -0.2) is 4.98 Å². The van der Waals surface area contributed by atoms with E-state index < -0.39 is 0 Å². The highest BCUT2D eigenvalue weighted by molar-refractivity contribution is 14.1. The molecule has 0 saturated carbocycles. The second-order valence-electron chi connectivity index (χ2n) is 5.47. The topological polar surface area (TPSA) is 49.1 Å². The second-order valence-corrected chi connectivity index (χ2v) is 6.63. The molecular weight excluding hydrogens is 413 g/mol. The van der Waals surface area contributed by atoms with Crippen molar-refractivity contribution in [1.29, 1.82) is 5.26 Å². The summed E-state index contributed by atoms with van der Waals surface area (Å²) < 4.78 is 6.38. The largest absolute Gasteiger partial charge is 0.496 e. The van der Waals surface area contributed by atoms with Crippen molar-refractivity contribution >= 4 is 39.2 Å². The van der Waals surface area contributed by atoms with Gasteiger partial charge >= 0.3 is 0 Å². The van der Waals surface area contributed by atoms with Crippen LogP contribution in [0.5, 0.6) is 5.75 Å². The molecule has 0 bridgehead atoms. The lowest BCUT2D eigenvalue weighted by Crippen LogP contribution is -2.17. The van der Waals surface area contributed by atoms with Gasteiger partial charge in [0.15, 0.2) is 0 Å². The molecule has 5 heteroatoms. The number of nitrogens with zero attached hydrogens (tertiary/aromatic N) is 3. The average molecular weight is 429 g/mol. The van der Waals surface area contributed by atoms with Crippen molar-refractivity contribution in [1.82, 2.24) is 4.98 Å². The molecule has 1 aromatic heterocycles. The van der Waals surface area contributed by atoms with Crippen LogP contribution in [-0.2, 0) is 6.54 Å². The van der Waals surface area contributed by atoms with Gasteiger partial charge in [-0.15, -0.1) is 0 Å². The summed E-state index contributed by atoms with van der Waals surface area (Å²) in [5.41, 5.74) is 3.48. The van der Waals surface area contributed by atoms with E-state index >= 15 is 0 Å². The highest BCUT2D eigenvalue weighted by atomic mass is 127. The summed E-state index contributed by atoms with van der Waals surface area (Å²) in [6.07, 6.45) is 0. The average Bonchev–Trinajstić information content (AvgIpc) is 2.61. The van der Waals surface area contributed by atoms with E-state index in [0.717, 1.165) is 31.5 Å². The summed E-state index contributed by atoms with van der Waals surface area (Å²) in [7, 11) is 3.71. The highest BCUT2D eigenvalue weighted by Crippen LogP contribution is 2.27. The molecule has 0 atom stereocenters. The van der Waals surface area contributed by atoms with Gasteiger partial charge in [0.05, 0.1) is 16.2 Å². The number of fused-ring (bicyclic) bond motifs is 1. The van der Waals surface area contributed by atoms with Crippen LogP contribution in [0, 0.1) is 14.9 Å². The molecule has 3 rings (SSSR count). The van der Waals surface area contributed by atoms with Crippen LogP contribution in [0.3, 0.4) is 0 Å². The number of hydrogen-bond donors (Lipinski definition) is 0. The highest BCUT2D eigenvalue weighted by Gasteiger charge is 2.10. The van der Waals surface area contributed by atoms with Crippen molar-refractivity contribution in [2.75, 3.05) is 19.1 Å². The Labute approximate surface area is 154 Å². The lowest BCUT2D eigenvalue weighted by Gasteiger charge is -2.21. The fourth-order valence-electron chi connectivity index (χ4n) is 2.68. The van der Waals surface area contributed by atoms with Crippen molar-refractivity contribution in [2.24, 2.45) is 0 Å². The molecule has 1 heterocycles. The minimum absolute atomic E-state index is 0.446. The van der Waals surface area contributed by atoms with E-state index in [1.54, 1.807) is 7.11 Å². The van der Waals surface area contributed by atoms with E-state index in [1.165, 1.54) is 0 Å². The number of ether oxygens (including phenoxy) is 1. The normalized spacial score (nSPS) is 10.4. The zero-order valence-corrected chi connectivity index (χ0v) is 15.6. The van der Waals surface area contributed by atoms with Gasteiger partial charge in [-0.2, -0.15) is 5.26 Å². The van der Waals surface area contributed by atoms with Crippen LogP contribution in [-0.4, -0.2) is 19.1 Å². The van der Waals surface area contributed by atoms with Gasteiger partial charge in [0.1, 0.15) is 17.5 Å². The summed E-state index contributed by atoms with van der Waals surface area (Å²) >= 11 is 2.27. The standard InChI is InChI=1S/C19H16IN3O/c1-23(15-7-8-19(24-2)17(20)10-15)12-13-9-14(11-21)22-18-6-4-3-5-16(13)18/h3-10H,12H2,1-2H3. The maximum atomic E-state index is 9.23. The van der Waals surface area contributed by atoms with Gasteiger partial charge in [0, 0.05) is 24.7 Å². The van der Waals surface area contributed by atoms with Crippen molar-refractivity contribution < 1.29 is 4.74 Å². The molecule has 24 heavy (non-hydrogen) atoms. The molecule has 120 valence electrons. The molecule has 4 nitrogen and oxygen atoms in total. The van der Waals surface area contributed by atoms with Gasteiger partial charge in [-0.3, -0.25) is 0 Å². The third-order valence-corrected chi connectivity index (χ3v) is 4.74. The number of methoxy groups -OCH3 is 1. The predicted octanol–water partition coefficient (Wildman–Crippen LogP) is 4.36. The minimum atomic E-state index is 0.446. The molecule has 2 aromatic carbocycles. The zero-order chi connectivity index (χ0) is 17.1. The molecule has 0 unspecified atom stereocenters. The number of para-hydroxylation sites is 1. The number of benzene rings is 2. The molecule has 0 spiro atoms. The lowest BCUT2D eigenvalue weighted by molar-refractivity contribution is 0.412. The van der Waals surface area contributed by atoms with E-state index in [1.807, 2.05) is 49.5 Å². The fourth-order valence-corrected chi connectivity index (χ4v) is 3.39. The predicted molar refractivity (Wildman–Crippen MR) is 104 cm³/mol. The van der Waals surface area contributed by atoms with Crippen LogP contribution in [0.25, 0.3) is 10.9 Å². The molecule has 3 aromatic rings. The number of anilines is 1. The van der Waals surface area contributed by atoms with Crippen LogP contribution >= 0.6 is 22.6 Å². The Hall–Kier alpha value is -2.33. The van der Waals surface area contributed by atoms with Crippen molar-refractivity contribution in [3.05, 3.63) is 63.4 Å². The monoisotopic (exact) mass is 429 g/mol. The number of aromatic nitrogens is 1. The van der Waals surface area contributed by atoms with Crippen LogP contribution in [0.15, 0.2) is 48.5 Å². The molecule has 0 radical (unpaired) electrons. The molecule has 0 aliphatic heterocycles. The van der Waals surface area contributed by atoms with Gasteiger partial charge < -0.3 is 9.64 Å². The Morgan fingerprint density at radius 2 is 2.00 bits per heavy atom. The van der Waals surface area contributed by atoms with Gasteiger partial charge in [0.2, 0.25) is 0 Å². The summed E-state index contributed by atoms with van der Waals surface area (Å²) in [6, 6.07) is 18.0. The van der Waals surface area contributed by atoms with Gasteiger partial charge in [-0.1, -0.05) is 18.2 Å². The number of pyridine rings is 1. The van der Waals surface area contributed by atoms with Crippen molar-refractivity contribution in [2.45, 2.75) is 6.54 Å². The Morgan fingerprint density at radius 1 is 1.21 bits per heavy atom. The summed E-state index contributed by atoms with van der Waals surface area (Å²) in [4.78, 5) is 6.53. The minimum Gasteiger partial charge on any atom is -0.496 e. The van der Waals surface area contributed by atoms with Crippen LogP contribution < -0.4 is 9.64 Å². The van der Waals surface area contributed by atoms with Crippen LogP contribution in [0.1, 0.15) is 11.3 Å². The Balaban J connectivity index is 1.97. The molecule has 0 N–H and O–H groups in total. The smallest absolute Gasteiger partial charge is 0.141 e. The third-order valence-electron chi connectivity index (χ3n) is 3.90. The molecular formula is C19H16IN3O. The Morgan fingerprint density at radius 3 is 2.71 bits per heavy atom. The zero-order valence-electron chi connectivity index (χ0n) is 13.5. The summed E-state index contributed by atoms with van der Waals surface area (Å²) in [5, 5.41) is 10.3. The fraction of sp³-hybridized carbons (Fsp3) is 0.158. The quantitative estimate of drug-likeness (QED) is 0.579. The summed E-state index contributed by atoms with van der Waals surface area (Å²) in [6.45, 7) is 0.695. The first-order valence-electron chi connectivity index (χ1n) is 7.46. The molecule has 0 aliphatic carbocycles. The van der Waals surface area contributed by atoms with Crippen molar-refractivity contribution in [3.8, 4) is 11.8 Å². The van der Waals surface area contributed by atoms with E-state index in [2.05, 4.69) is 44.6 Å². The number of halogens is 1. The van der Waals surface area contributed by atoms with E-state index in [9.17, 15) is 5.26 Å². The Kier molecular flexibility index (Phi) is 4.86. The molecule has 0 amide bonds. The first-order chi connectivity index (χ1) is 11.6. The van der Waals surface area contributed by atoms with Gasteiger partial charge in [0.25, 0.3) is 0 Å². The van der Waals surface area contributed by atoms with E-state index in [0.29, 0.717) is 12.2 Å². The molecule has 0 saturated heterocycles. The molecule has 0 fully saturated rings. The van der Waals surface area contributed by atoms with Gasteiger partial charge in [-0.05, 0) is 58.5 Å². The third kappa shape index (κ3) is 3.29. The maximum Gasteiger partial charge on any atom is 0.141 e. The number of hydrogen-bond acceptors (Lipinski definition) is 4. The van der Waals surface area contributed by atoms with Crippen molar-refractivity contribution in [3.63, 3.8) is 0 Å². The first kappa shape index (κ1) is 16.5. The van der Waals surface area contributed by atoms with E-state index in [4.69, 9.17) is 4.74 Å². The SMILES string of the molecule is COc1ccc(N(C)Cc2cc(C#N)nc3ccccc23)cc1I. The number of nitriles is 1. The van der Waals surface area contributed by atoms with E-state index in [-0.39, 0.29) is 0 Å². The first-order valence-corrected chi connectivity index (χ1v) is 8.53. The second kappa shape index (κ2) is 7.05. The number of rotatable bonds is 4. The Bertz CT molecular complexity index is 934. The van der Waals surface area contributed by atoms with Crippen LogP contribution in [0.4, 0.5) is 5.69 Å². The van der Waals surface area contributed by atoms with Crippen LogP contribution in [0.2, 0.25) is 0 Å².